The summed E-state index contributed by atoms with van der Waals surface area (Å²) < 4.78 is 21.6. The van der Waals surface area contributed by atoms with Gasteiger partial charge in [0.2, 0.25) is 0 Å². The van der Waals surface area contributed by atoms with Crippen molar-refractivity contribution in [2.75, 3.05) is 32.0 Å². The van der Waals surface area contributed by atoms with E-state index in [1.165, 1.54) is 12.4 Å². The lowest BCUT2D eigenvalue weighted by atomic mass is 9.90. The lowest BCUT2D eigenvalue weighted by molar-refractivity contribution is 0.00520. The minimum absolute atomic E-state index is 0.0368. The van der Waals surface area contributed by atoms with Crippen molar-refractivity contribution in [1.29, 1.82) is 0 Å². The van der Waals surface area contributed by atoms with Crippen LogP contribution in [0.3, 0.4) is 0 Å². The SMILES string of the molecule is Nc1ncnc2c1c(-c1ccc3nc(-c4cccc(F)c4Cl)[nH]c3c1)nn2C1CCC(N2CCOCC2)CC1. The van der Waals surface area contributed by atoms with Gasteiger partial charge in [-0.15, -0.1) is 0 Å². The normalized spacial score (nSPS) is 20.7. The molecule has 9 nitrogen and oxygen atoms in total. The molecule has 1 aliphatic heterocycles. The van der Waals surface area contributed by atoms with Crippen molar-refractivity contribution in [3.8, 4) is 22.6 Å². The maximum absolute atomic E-state index is 14.0. The molecule has 3 N–H and O–H groups in total. The number of ether oxygens (including phenoxy) is 1. The second-order valence-corrected chi connectivity index (χ2v) is 10.7. The quantitative estimate of drug-likeness (QED) is 0.317. The van der Waals surface area contributed by atoms with Gasteiger partial charge in [-0.3, -0.25) is 4.90 Å². The van der Waals surface area contributed by atoms with Gasteiger partial charge in [-0.25, -0.2) is 24.0 Å². The van der Waals surface area contributed by atoms with Crippen LogP contribution < -0.4 is 5.73 Å². The van der Waals surface area contributed by atoms with Crippen molar-refractivity contribution in [3.05, 3.63) is 53.6 Å². The zero-order valence-corrected chi connectivity index (χ0v) is 22.0. The molecule has 0 atom stereocenters. The molecule has 2 aromatic carbocycles. The van der Waals surface area contributed by atoms with Crippen LogP contribution in [0.2, 0.25) is 5.02 Å². The number of morpholine rings is 1. The monoisotopic (exact) mass is 546 g/mol. The van der Waals surface area contributed by atoms with Crippen molar-refractivity contribution in [3.63, 3.8) is 0 Å². The third kappa shape index (κ3) is 4.32. The van der Waals surface area contributed by atoms with E-state index < -0.39 is 5.82 Å². The molecule has 0 radical (unpaired) electrons. The average Bonchev–Trinajstić information content (AvgIpc) is 3.57. The smallest absolute Gasteiger partial charge is 0.164 e. The van der Waals surface area contributed by atoms with Gasteiger partial charge in [0.15, 0.2) is 5.65 Å². The number of anilines is 1. The van der Waals surface area contributed by atoms with Crippen molar-refractivity contribution in [2.45, 2.75) is 37.8 Å². The predicted octanol–water partition coefficient (Wildman–Crippen LogP) is 5.23. The van der Waals surface area contributed by atoms with Crippen molar-refractivity contribution < 1.29 is 9.13 Å². The molecule has 0 amide bonds. The third-order valence-corrected chi connectivity index (χ3v) is 8.44. The van der Waals surface area contributed by atoms with Gasteiger partial charge in [0.1, 0.15) is 29.5 Å². The first kappa shape index (κ1) is 24.4. The molecule has 1 aliphatic carbocycles. The summed E-state index contributed by atoms with van der Waals surface area (Å²) in [5.74, 6) is 0.420. The van der Waals surface area contributed by atoms with Crippen LogP contribution in [-0.2, 0) is 4.74 Å². The van der Waals surface area contributed by atoms with Gasteiger partial charge in [-0.1, -0.05) is 23.7 Å². The van der Waals surface area contributed by atoms with Crippen molar-refractivity contribution in [1.82, 2.24) is 34.6 Å². The Hall–Kier alpha value is -3.60. The Kier molecular flexibility index (Phi) is 6.18. The number of nitrogens with one attached hydrogen (secondary N) is 1. The lowest BCUT2D eigenvalue weighted by Crippen LogP contribution is -2.45. The summed E-state index contributed by atoms with van der Waals surface area (Å²) in [4.78, 5) is 19.4. The molecule has 3 aromatic heterocycles. The van der Waals surface area contributed by atoms with Crippen molar-refractivity contribution >= 4 is 39.5 Å². The largest absolute Gasteiger partial charge is 0.383 e. The summed E-state index contributed by atoms with van der Waals surface area (Å²) in [7, 11) is 0. The molecule has 4 heterocycles. The zero-order valence-electron chi connectivity index (χ0n) is 21.3. The fourth-order valence-corrected chi connectivity index (χ4v) is 6.25. The molecule has 200 valence electrons. The molecular weight excluding hydrogens is 519 g/mol. The molecule has 0 unspecified atom stereocenters. The summed E-state index contributed by atoms with van der Waals surface area (Å²) in [5, 5.41) is 5.86. The van der Waals surface area contributed by atoms with E-state index in [-0.39, 0.29) is 11.1 Å². The topological polar surface area (TPSA) is 111 Å². The Morgan fingerprint density at radius 2 is 1.82 bits per heavy atom. The highest BCUT2D eigenvalue weighted by molar-refractivity contribution is 6.33. The maximum Gasteiger partial charge on any atom is 0.164 e. The fourth-order valence-electron chi connectivity index (χ4n) is 6.03. The van der Waals surface area contributed by atoms with Crippen LogP contribution in [-0.4, -0.2) is 67.0 Å². The van der Waals surface area contributed by atoms with Gasteiger partial charge in [0.25, 0.3) is 0 Å². The number of aromatic nitrogens is 6. The Balaban J connectivity index is 1.23. The molecule has 11 heteroatoms. The summed E-state index contributed by atoms with van der Waals surface area (Å²) in [6.07, 6.45) is 5.80. The van der Waals surface area contributed by atoms with Gasteiger partial charge in [0.05, 0.1) is 40.7 Å². The van der Waals surface area contributed by atoms with Crippen LogP contribution in [0.1, 0.15) is 31.7 Å². The minimum Gasteiger partial charge on any atom is -0.383 e. The van der Waals surface area contributed by atoms with E-state index in [1.807, 2.05) is 22.9 Å². The van der Waals surface area contributed by atoms with Gasteiger partial charge in [-0.05, 0) is 49.9 Å². The van der Waals surface area contributed by atoms with Gasteiger partial charge in [-0.2, -0.15) is 5.10 Å². The second kappa shape index (κ2) is 9.86. The number of nitrogen functional groups attached to an aromatic ring is 1. The van der Waals surface area contributed by atoms with Crippen LogP contribution in [0.15, 0.2) is 42.7 Å². The number of hydrogen-bond donors (Lipinski definition) is 2. The maximum atomic E-state index is 14.0. The van der Waals surface area contributed by atoms with Crippen LogP contribution in [0, 0.1) is 5.82 Å². The number of nitrogens with two attached hydrogens (primary N) is 1. The van der Waals surface area contributed by atoms with E-state index in [2.05, 4.69) is 24.8 Å². The first-order valence-electron chi connectivity index (χ1n) is 13.3. The van der Waals surface area contributed by atoms with Crippen LogP contribution in [0.5, 0.6) is 0 Å². The van der Waals surface area contributed by atoms with Crippen LogP contribution in [0.25, 0.3) is 44.7 Å². The third-order valence-electron chi connectivity index (χ3n) is 8.05. The molecular formula is C28H28ClFN8O. The van der Waals surface area contributed by atoms with Gasteiger partial charge >= 0.3 is 0 Å². The predicted molar refractivity (Wildman–Crippen MR) is 149 cm³/mol. The molecule has 1 saturated carbocycles. The molecule has 1 saturated heterocycles. The highest BCUT2D eigenvalue weighted by Gasteiger charge is 2.30. The van der Waals surface area contributed by atoms with E-state index >= 15 is 0 Å². The molecule has 5 aromatic rings. The Labute approximate surface area is 229 Å². The number of imidazole rings is 1. The minimum atomic E-state index is -0.484. The van der Waals surface area contributed by atoms with E-state index in [0.29, 0.717) is 23.2 Å². The van der Waals surface area contributed by atoms with Crippen LogP contribution in [0.4, 0.5) is 10.2 Å². The molecule has 39 heavy (non-hydrogen) atoms. The number of aromatic amines is 1. The number of nitrogens with zero attached hydrogens (tertiary/aromatic N) is 6. The molecule has 7 rings (SSSR count). The average molecular weight is 547 g/mol. The van der Waals surface area contributed by atoms with Crippen LogP contribution >= 0.6 is 11.6 Å². The number of H-pyrrole nitrogens is 1. The van der Waals surface area contributed by atoms with E-state index in [9.17, 15) is 4.39 Å². The molecule has 0 bridgehead atoms. The van der Waals surface area contributed by atoms with E-state index in [4.69, 9.17) is 27.2 Å². The Morgan fingerprint density at radius 1 is 1.03 bits per heavy atom. The summed E-state index contributed by atoms with van der Waals surface area (Å²) >= 11 is 6.21. The van der Waals surface area contributed by atoms with E-state index in [1.54, 1.807) is 12.1 Å². The Morgan fingerprint density at radius 3 is 2.64 bits per heavy atom. The number of benzene rings is 2. The van der Waals surface area contributed by atoms with Crippen molar-refractivity contribution in [2.24, 2.45) is 0 Å². The van der Waals surface area contributed by atoms with Gasteiger partial charge in [0, 0.05) is 30.3 Å². The summed E-state index contributed by atoms with van der Waals surface area (Å²) in [6, 6.07) is 11.4. The number of hydrogen-bond acceptors (Lipinski definition) is 7. The number of fused-ring (bicyclic) bond motifs is 2. The summed E-state index contributed by atoms with van der Waals surface area (Å²) in [5.41, 5.74) is 10.8. The fraction of sp³-hybridized carbons (Fsp3) is 0.357. The first-order chi connectivity index (χ1) is 19.1. The van der Waals surface area contributed by atoms with Gasteiger partial charge < -0.3 is 15.5 Å². The molecule has 2 fully saturated rings. The second-order valence-electron chi connectivity index (χ2n) is 10.3. The number of halogens is 2. The molecule has 2 aliphatic rings. The lowest BCUT2D eigenvalue weighted by Gasteiger charge is -2.38. The summed E-state index contributed by atoms with van der Waals surface area (Å²) in [6.45, 7) is 3.66. The van der Waals surface area contributed by atoms with E-state index in [0.717, 1.165) is 85.3 Å². The number of rotatable bonds is 4. The first-order valence-corrected chi connectivity index (χ1v) is 13.7. The molecule has 0 spiro atoms. The highest BCUT2D eigenvalue weighted by atomic mass is 35.5. The standard InChI is InChI=1S/C28H28ClFN8O/c29-24-19(2-1-3-20(24)30)27-34-21-9-4-16(14-22(21)35-27)25-23-26(31)32-15-33-28(23)38(36-25)18-7-5-17(6-8-18)37-10-12-39-13-11-37/h1-4,9,14-15,17-18H,5-8,10-13H2,(H,34,35)(H2,31,32,33). The zero-order chi connectivity index (χ0) is 26.5. The Bertz CT molecular complexity index is 1670. The highest BCUT2D eigenvalue weighted by Crippen LogP contribution is 2.38.